The number of unbranched alkanes of at least 4 members (excludes halogenated alkanes) is 1. The molecule has 0 aromatic heterocycles. The molecule has 2 aromatic rings. The number of ether oxygens (including phenoxy) is 4. The SMILES string of the molecule is CC(OCc1ccccc1)C(C)OC(COCc1ccccc1)OCCCCC(=O)O. The Morgan fingerprint density at radius 1 is 0.839 bits per heavy atom. The Labute approximate surface area is 185 Å². The molecule has 3 atom stereocenters. The summed E-state index contributed by atoms with van der Waals surface area (Å²) in [5.41, 5.74) is 2.19. The van der Waals surface area contributed by atoms with Crippen LogP contribution >= 0.6 is 0 Å². The lowest BCUT2D eigenvalue weighted by Crippen LogP contribution is -2.34. The van der Waals surface area contributed by atoms with E-state index >= 15 is 0 Å². The van der Waals surface area contributed by atoms with Crippen LogP contribution in [0.25, 0.3) is 0 Å². The van der Waals surface area contributed by atoms with Crippen molar-refractivity contribution in [3.8, 4) is 0 Å². The van der Waals surface area contributed by atoms with E-state index in [1.807, 2.05) is 74.5 Å². The highest BCUT2D eigenvalue weighted by Crippen LogP contribution is 2.13. The Hall–Kier alpha value is -2.25. The predicted molar refractivity (Wildman–Crippen MR) is 119 cm³/mol. The third kappa shape index (κ3) is 11.1. The monoisotopic (exact) mass is 430 g/mol. The van der Waals surface area contributed by atoms with E-state index in [9.17, 15) is 4.79 Å². The van der Waals surface area contributed by atoms with Crippen LogP contribution in [0.15, 0.2) is 60.7 Å². The van der Waals surface area contributed by atoms with Crippen LogP contribution in [0.2, 0.25) is 0 Å². The quantitative estimate of drug-likeness (QED) is 0.304. The molecule has 0 radical (unpaired) electrons. The first kappa shape index (κ1) is 25.0. The van der Waals surface area contributed by atoms with Crippen molar-refractivity contribution < 1.29 is 28.8 Å². The zero-order valence-electron chi connectivity index (χ0n) is 18.4. The summed E-state index contributed by atoms with van der Waals surface area (Å²) in [7, 11) is 0. The fourth-order valence-corrected chi connectivity index (χ4v) is 2.85. The predicted octanol–water partition coefficient (Wildman–Crippen LogP) is 4.81. The molecule has 1 N–H and O–H groups in total. The maximum Gasteiger partial charge on any atom is 0.303 e. The van der Waals surface area contributed by atoms with E-state index in [0.717, 1.165) is 11.1 Å². The first-order valence-corrected chi connectivity index (χ1v) is 10.8. The molecule has 0 fully saturated rings. The van der Waals surface area contributed by atoms with Gasteiger partial charge in [-0.25, -0.2) is 0 Å². The number of aliphatic carboxylic acids is 1. The molecular weight excluding hydrogens is 396 g/mol. The fourth-order valence-electron chi connectivity index (χ4n) is 2.85. The van der Waals surface area contributed by atoms with Gasteiger partial charge in [0.2, 0.25) is 0 Å². The smallest absolute Gasteiger partial charge is 0.303 e. The lowest BCUT2D eigenvalue weighted by molar-refractivity contribution is -0.214. The van der Waals surface area contributed by atoms with Crippen molar-refractivity contribution in [2.75, 3.05) is 13.2 Å². The largest absolute Gasteiger partial charge is 0.481 e. The van der Waals surface area contributed by atoms with Crippen LogP contribution in [0.3, 0.4) is 0 Å². The van der Waals surface area contributed by atoms with Gasteiger partial charge in [-0.1, -0.05) is 60.7 Å². The molecule has 0 spiro atoms. The van der Waals surface area contributed by atoms with Gasteiger partial charge < -0.3 is 24.1 Å². The summed E-state index contributed by atoms with van der Waals surface area (Å²) in [6, 6.07) is 19.9. The first-order valence-electron chi connectivity index (χ1n) is 10.8. The molecule has 0 saturated heterocycles. The van der Waals surface area contributed by atoms with Gasteiger partial charge in [-0.3, -0.25) is 4.79 Å². The minimum absolute atomic E-state index is 0.132. The van der Waals surface area contributed by atoms with Crippen molar-refractivity contribution in [2.45, 2.75) is 64.8 Å². The minimum atomic E-state index is -0.794. The van der Waals surface area contributed by atoms with Gasteiger partial charge in [0.15, 0.2) is 6.29 Å². The summed E-state index contributed by atoms with van der Waals surface area (Å²) in [4.78, 5) is 10.7. The maximum absolute atomic E-state index is 10.7. The van der Waals surface area contributed by atoms with E-state index in [0.29, 0.717) is 32.7 Å². The van der Waals surface area contributed by atoms with E-state index in [-0.39, 0.29) is 25.2 Å². The Kier molecular flexibility index (Phi) is 11.9. The molecule has 0 saturated carbocycles. The molecule has 0 aliphatic carbocycles. The van der Waals surface area contributed by atoms with Crippen molar-refractivity contribution in [3.63, 3.8) is 0 Å². The van der Waals surface area contributed by atoms with E-state index in [1.54, 1.807) is 0 Å². The van der Waals surface area contributed by atoms with Crippen LogP contribution in [-0.2, 0) is 37.0 Å². The Morgan fingerprint density at radius 3 is 2.06 bits per heavy atom. The van der Waals surface area contributed by atoms with Crippen LogP contribution in [0.4, 0.5) is 0 Å². The molecule has 3 unspecified atom stereocenters. The van der Waals surface area contributed by atoms with Crippen LogP contribution in [0.1, 0.15) is 44.2 Å². The number of hydrogen-bond donors (Lipinski definition) is 1. The fraction of sp³-hybridized carbons (Fsp3) is 0.480. The zero-order valence-corrected chi connectivity index (χ0v) is 18.4. The van der Waals surface area contributed by atoms with Gasteiger partial charge in [0.1, 0.15) is 0 Å². The number of hydrogen-bond acceptors (Lipinski definition) is 5. The second-order valence-corrected chi connectivity index (χ2v) is 7.49. The molecule has 0 aliphatic heterocycles. The molecule has 0 amide bonds. The van der Waals surface area contributed by atoms with Gasteiger partial charge in [-0.05, 0) is 37.8 Å². The second kappa shape index (κ2) is 14.7. The molecule has 6 nitrogen and oxygen atoms in total. The molecule has 0 aliphatic rings. The van der Waals surface area contributed by atoms with Crippen molar-refractivity contribution >= 4 is 5.97 Å². The average Bonchev–Trinajstić information content (AvgIpc) is 2.78. The van der Waals surface area contributed by atoms with Crippen molar-refractivity contribution in [1.82, 2.24) is 0 Å². The highest BCUT2D eigenvalue weighted by atomic mass is 16.7. The molecule has 0 bridgehead atoms. The molecule has 31 heavy (non-hydrogen) atoms. The summed E-state index contributed by atoms with van der Waals surface area (Å²) in [6.07, 6.45) is 0.477. The number of benzene rings is 2. The van der Waals surface area contributed by atoms with Gasteiger partial charge in [0.05, 0.1) is 32.0 Å². The molecule has 0 heterocycles. The van der Waals surface area contributed by atoms with Crippen LogP contribution in [-0.4, -0.2) is 42.8 Å². The molecule has 170 valence electrons. The highest BCUT2D eigenvalue weighted by molar-refractivity contribution is 5.66. The van der Waals surface area contributed by atoms with Gasteiger partial charge >= 0.3 is 5.97 Å². The Bertz CT molecular complexity index is 721. The molecule has 2 rings (SSSR count). The maximum atomic E-state index is 10.7. The highest BCUT2D eigenvalue weighted by Gasteiger charge is 2.20. The summed E-state index contributed by atoms with van der Waals surface area (Å²) in [5, 5.41) is 8.76. The van der Waals surface area contributed by atoms with Crippen LogP contribution < -0.4 is 0 Å². The number of carboxylic acid groups (broad SMARTS) is 1. The van der Waals surface area contributed by atoms with Gasteiger partial charge in [0.25, 0.3) is 0 Å². The number of carbonyl (C=O) groups is 1. The van der Waals surface area contributed by atoms with E-state index < -0.39 is 12.3 Å². The number of rotatable bonds is 16. The topological polar surface area (TPSA) is 74.2 Å². The van der Waals surface area contributed by atoms with Gasteiger partial charge in [0, 0.05) is 13.0 Å². The first-order chi connectivity index (χ1) is 15.0. The third-order valence-corrected chi connectivity index (χ3v) is 4.84. The molecule has 2 aromatic carbocycles. The molecular formula is C25H34O6. The second-order valence-electron chi connectivity index (χ2n) is 7.49. The zero-order chi connectivity index (χ0) is 22.3. The number of carboxylic acids is 1. The lowest BCUT2D eigenvalue weighted by Gasteiger charge is -2.27. The van der Waals surface area contributed by atoms with E-state index in [4.69, 9.17) is 24.1 Å². The van der Waals surface area contributed by atoms with E-state index in [1.165, 1.54) is 0 Å². The van der Waals surface area contributed by atoms with Crippen molar-refractivity contribution in [3.05, 3.63) is 71.8 Å². The van der Waals surface area contributed by atoms with Crippen LogP contribution in [0, 0.1) is 0 Å². The third-order valence-electron chi connectivity index (χ3n) is 4.84. The lowest BCUT2D eigenvalue weighted by atomic mass is 10.2. The average molecular weight is 431 g/mol. The Balaban J connectivity index is 1.79. The normalized spacial score (nSPS) is 14.1. The summed E-state index contributed by atoms with van der Waals surface area (Å²) < 4.78 is 23.7. The minimum Gasteiger partial charge on any atom is -0.481 e. The summed E-state index contributed by atoms with van der Waals surface area (Å²) in [5.74, 6) is -0.794. The summed E-state index contributed by atoms with van der Waals surface area (Å²) >= 11 is 0. The standard InChI is InChI=1S/C25H34O6/c1-20(30-18-23-13-7-4-8-14-23)21(2)31-25(29-16-10-9-15-24(26)27)19-28-17-22-11-5-3-6-12-22/h3-8,11-14,20-21,25H,9-10,15-19H2,1-2H3,(H,26,27). The summed E-state index contributed by atoms with van der Waals surface area (Å²) in [6.45, 7) is 5.61. The Morgan fingerprint density at radius 2 is 1.45 bits per heavy atom. The van der Waals surface area contributed by atoms with Crippen molar-refractivity contribution in [2.24, 2.45) is 0 Å². The van der Waals surface area contributed by atoms with Gasteiger partial charge in [-0.2, -0.15) is 0 Å². The molecule has 6 heteroatoms. The van der Waals surface area contributed by atoms with Crippen LogP contribution in [0.5, 0.6) is 0 Å². The van der Waals surface area contributed by atoms with Gasteiger partial charge in [-0.15, -0.1) is 0 Å². The van der Waals surface area contributed by atoms with E-state index in [2.05, 4.69) is 0 Å². The van der Waals surface area contributed by atoms with Crippen molar-refractivity contribution in [1.29, 1.82) is 0 Å².